The van der Waals surface area contributed by atoms with Gasteiger partial charge in [-0.1, -0.05) is 32.1 Å². The van der Waals surface area contributed by atoms with Gasteiger partial charge in [0, 0.05) is 0 Å². The van der Waals surface area contributed by atoms with Gasteiger partial charge in [-0.25, -0.2) is 0 Å². The van der Waals surface area contributed by atoms with Crippen molar-refractivity contribution in [1.82, 2.24) is 0 Å². The van der Waals surface area contributed by atoms with Crippen LogP contribution in [0, 0.1) is 11.8 Å². The predicted octanol–water partition coefficient (Wildman–Crippen LogP) is 3.18. The van der Waals surface area contributed by atoms with E-state index in [2.05, 4.69) is 32.6 Å². The molecule has 1 aliphatic rings. The normalized spacial score (nSPS) is 23.8. The maximum absolute atomic E-state index is 5.33. The van der Waals surface area contributed by atoms with E-state index in [4.69, 9.17) is 4.74 Å². The molecule has 0 N–H and O–H groups in total. The van der Waals surface area contributed by atoms with Crippen LogP contribution in [0.4, 0.5) is 0 Å². The first-order valence-corrected chi connectivity index (χ1v) is 5.13. The summed E-state index contributed by atoms with van der Waals surface area (Å²) in [6.07, 6.45) is 9.04. The zero-order chi connectivity index (χ0) is 9.68. The summed E-state index contributed by atoms with van der Waals surface area (Å²) in [6, 6.07) is 0. The first kappa shape index (κ1) is 10.5. The van der Waals surface area contributed by atoms with Crippen LogP contribution in [0.25, 0.3) is 0 Å². The molecule has 0 spiro atoms. The predicted molar refractivity (Wildman–Crippen MR) is 56.6 cm³/mol. The summed E-state index contributed by atoms with van der Waals surface area (Å²) in [5.41, 5.74) is 0. The van der Waals surface area contributed by atoms with E-state index in [9.17, 15) is 0 Å². The second kappa shape index (κ2) is 5.23. The van der Waals surface area contributed by atoms with Crippen LogP contribution < -0.4 is 0 Å². The highest BCUT2D eigenvalue weighted by Gasteiger charge is 2.33. The molecule has 0 aromatic carbocycles. The lowest BCUT2D eigenvalue weighted by Crippen LogP contribution is -2.14. The second-order valence-corrected chi connectivity index (χ2v) is 4.01. The molecule has 0 aliphatic carbocycles. The van der Waals surface area contributed by atoms with E-state index < -0.39 is 0 Å². The molecule has 0 radical (unpaired) electrons. The maximum atomic E-state index is 5.33. The van der Waals surface area contributed by atoms with Crippen molar-refractivity contribution in [3.8, 4) is 0 Å². The van der Waals surface area contributed by atoms with Crippen LogP contribution >= 0.6 is 0 Å². The summed E-state index contributed by atoms with van der Waals surface area (Å²) in [7, 11) is 0. The molecule has 0 amide bonds. The number of ether oxygens (including phenoxy) is 1. The highest BCUT2D eigenvalue weighted by Crippen LogP contribution is 2.29. The number of allylic oxidation sites excluding steroid dienone is 3. The van der Waals surface area contributed by atoms with Gasteiger partial charge >= 0.3 is 0 Å². The van der Waals surface area contributed by atoms with Crippen molar-refractivity contribution in [1.29, 1.82) is 0 Å². The van der Waals surface area contributed by atoms with Crippen LogP contribution in [-0.4, -0.2) is 12.7 Å². The molecule has 0 aromatic rings. The fraction of sp³-hybridized carbons (Fsp3) is 0.667. The van der Waals surface area contributed by atoms with Gasteiger partial charge in [-0.3, -0.25) is 0 Å². The van der Waals surface area contributed by atoms with Crippen molar-refractivity contribution >= 4 is 0 Å². The number of rotatable bonds is 6. The van der Waals surface area contributed by atoms with Crippen LogP contribution in [-0.2, 0) is 4.74 Å². The molecule has 1 fully saturated rings. The maximum Gasteiger partial charge on any atom is 0.0843 e. The highest BCUT2D eigenvalue weighted by molar-refractivity contribution is 4.93. The van der Waals surface area contributed by atoms with Gasteiger partial charge in [-0.05, 0) is 24.7 Å². The third-order valence-corrected chi connectivity index (χ3v) is 2.57. The van der Waals surface area contributed by atoms with Gasteiger partial charge in [0.05, 0.1) is 12.7 Å². The average Bonchev–Trinajstić information content (AvgIpc) is 2.87. The Morgan fingerprint density at radius 3 is 2.62 bits per heavy atom. The number of hydrogen-bond acceptors (Lipinski definition) is 1. The molecular formula is C12H20O. The SMILES string of the molecule is C=CC/C=C/CC(C(C)C)C1CO1. The molecule has 1 heterocycles. The molecule has 1 saturated heterocycles. The fourth-order valence-corrected chi connectivity index (χ4v) is 1.60. The van der Waals surface area contributed by atoms with Crippen LogP contribution in [0.5, 0.6) is 0 Å². The van der Waals surface area contributed by atoms with E-state index >= 15 is 0 Å². The first-order valence-electron chi connectivity index (χ1n) is 5.13. The summed E-state index contributed by atoms with van der Waals surface area (Å²) in [4.78, 5) is 0. The van der Waals surface area contributed by atoms with Gasteiger partial charge in [0.15, 0.2) is 0 Å². The van der Waals surface area contributed by atoms with Crippen molar-refractivity contribution in [2.75, 3.05) is 6.61 Å². The zero-order valence-electron chi connectivity index (χ0n) is 8.70. The number of epoxide rings is 1. The van der Waals surface area contributed by atoms with Crippen LogP contribution in [0.3, 0.4) is 0 Å². The highest BCUT2D eigenvalue weighted by atomic mass is 16.6. The average molecular weight is 180 g/mol. The molecule has 1 nitrogen and oxygen atoms in total. The topological polar surface area (TPSA) is 12.5 Å². The lowest BCUT2D eigenvalue weighted by Gasteiger charge is -2.15. The molecule has 2 atom stereocenters. The molecule has 13 heavy (non-hydrogen) atoms. The first-order chi connectivity index (χ1) is 6.25. The Balaban J connectivity index is 2.25. The minimum Gasteiger partial charge on any atom is -0.373 e. The molecule has 74 valence electrons. The van der Waals surface area contributed by atoms with Crippen molar-refractivity contribution in [2.24, 2.45) is 11.8 Å². The Hall–Kier alpha value is -0.560. The van der Waals surface area contributed by atoms with Gasteiger partial charge in [0.25, 0.3) is 0 Å². The minimum atomic E-state index is 0.536. The monoisotopic (exact) mass is 180 g/mol. The lowest BCUT2D eigenvalue weighted by atomic mass is 9.89. The minimum absolute atomic E-state index is 0.536. The van der Waals surface area contributed by atoms with Crippen molar-refractivity contribution in [3.63, 3.8) is 0 Å². The van der Waals surface area contributed by atoms with E-state index in [1.807, 2.05) is 6.08 Å². The van der Waals surface area contributed by atoms with Gasteiger partial charge < -0.3 is 4.74 Å². The second-order valence-electron chi connectivity index (χ2n) is 4.01. The lowest BCUT2D eigenvalue weighted by molar-refractivity contribution is 0.273. The van der Waals surface area contributed by atoms with E-state index in [0.29, 0.717) is 12.0 Å². The smallest absolute Gasteiger partial charge is 0.0843 e. The molecule has 1 aliphatic heterocycles. The summed E-state index contributed by atoms with van der Waals surface area (Å²) in [5, 5.41) is 0. The fourth-order valence-electron chi connectivity index (χ4n) is 1.60. The van der Waals surface area contributed by atoms with Crippen molar-refractivity contribution < 1.29 is 4.74 Å². The standard InChI is InChI=1S/C12H20O/c1-4-5-6-7-8-11(10(2)3)12-9-13-12/h4,6-7,10-12H,1,5,8-9H2,2-3H3/b7-6+. The summed E-state index contributed by atoms with van der Waals surface area (Å²) in [5.74, 6) is 1.43. The molecule has 2 unspecified atom stereocenters. The van der Waals surface area contributed by atoms with E-state index in [1.165, 1.54) is 0 Å². The van der Waals surface area contributed by atoms with Gasteiger partial charge in [0.1, 0.15) is 0 Å². The number of hydrogen-bond donors (Lipinski definition) is 0. The Kier molecular flexibility index (Phi) is 4.23. The van der Waals surface area contributed by atoms with Gasteiger partial charge in [-0.15, -0.1) is 6.58 Å². The molecule has 0 aromatic heterocycles. The summed E-state index contributed by atoms with van der Waals surface area (Å²) < 4.78 is 5.33. The molecule has 1 rings (SSSR count). The Bertz CT molecular complexity index is 176. The van der Waals surface area contributed by atoms with Crippen molar-refractivity contribution in [2.45, 2.75) is 32.8 Å². The third-order valence-electron chi connectivity index (χ3n) is 2.57. The third kappa shape index (κ3) is 3.77. The molecular weight excluding hydrogens is 160 g/mol. The van der Waals surface area contributed by atoms with E-state index in [-0.39, 0.29) is 0 Å². The van der Waals surface area contributed by atoms with Crippen molar-refractivity contribution in [3.05, 3.63) is 24.8 Å². The summed E-state index contributed by atoms with van der Waals surface area (Å²) in [6.45, 7) is 9.20. The molecule has 0 bridgehead atoms. The van der Waals surface area contributed by atoms with Crippen LogP contribution in [0.15, 0.2) is 24.8 Å². The Morgan fingerprint density at radius 2 is 2.15 bits per heavy atom. The molecule has 0 saturated carbocycles. The van der Waals surface area contributed by atoms with Crippen LogP contribution in [0.2, 0.25) is 0 Å². The largest absolute Gasteiger partial charge is 0.373 e. The zero-order valence-corrected chi connectivity index (χ0v) is 8.70. The quantitative estimate of drug-likeness (QED) is 0.452. The van der Waals surface area contributed by atoms with E-state index in [0.717, 1.165) is 25.4 Å². The Morgan fingerprint density at radius 1 is 1.46 bits per heavy atom. The summed E-state index contributed by atoms with van der Waals surface area (Å²) >= 11 is 0. The van der Waals surface area contributed by atoms with Crippen LogP contribution in [0.1, 0.15) is 26.7 Å². The Labute approximate surface area is 81.5 Å². The van der Waals surface area contributed by atoms with Gasteiger partial charge in [-0.2, -0.15) is 0 Å². The molecule has 1 heteroatoms. The van der Waals surface area contributed by atoms with E-state index in [1.54, 1.807) is 0 Å². The van der Waals surface area contributed by atoms with Gasteiger partial charge in [0.2, 0.25) is 0 Å².